The largest absolute Gasteiger partial charge is 0.358 e. The van der Waals surface area contributed by atoms with E-state index >= 15 is 0 Å². The van der Waals surface area contributed by atoms with Crippen LogP contribution in [0.15, 0.2) is 0 Å². The second kappa shape index (κ2) is 4.52. The number of piperazine rings is 1. The number of amidine groups is 1. The summed E-state index contributed by atoms with van der Waals surface area (Å²) in [5, 5.41) is 8.24. The third kappa shape index (κ3) is 2.51. The molecule has 2 rings (SSSR count). The normalized spacial score (nSPS) is 33.3. The summed E-state index contributed by atoms with van der Waals surface area (Å²) in [6, 6.07) is 0. The Kier molecular flexibility index (Phi) is 3.29. The van der Waals surface area contributed by atoms with E-state index in [1.54, 1.807) is 0 Å². The Morgan fingerprint density at radius 3 is 2.33 bits per heavy atom. The topological polar surface area (TPSA) is 30.3 Å². The average Bonchev–Trinajstić information content (AvgIpc) is 2.65. The Morgan fingerprint density at radius 2 is 1.80 bits per heavy atom. The van der Waals surface area contributed by atoms with Crippen molar-refractivity contribution in [1.29, 1.82) is 5.41 Å². The summed E-state index contributed by atoms with van der Waals surface area (Å²) in [6.07, 6.45) is 3.80. The summed E-state index contributed by atoms with van der Waals surface area (Å²) in [5.74, 6) is 2.32. The Bertz CT molecular complexity index is 231. The molecular weight excluding hydrogens is 186 g/mol. The second-order valence-electron chi connectivity index (χ2n) is 5.29. The summed E-state index contributed by atoms with van der Waals surface area (Å²) < 4.78 is 0. The Labute approximate surface area is 92.9 Å². The molecule has 2 atom stereocenters. The number of hydrogen-bond donors (Lipinski definition) is 1. The zero-order chi connectivity index (χ0) is 10.8. The second-order valence-corrected chi connectivity index (χ2v) is 5.29. The Hall–Kier alpha value is -0.570. The van der Waals surface area contributed by atoms with Crippen LogP contribution in [0.3, 0.4) is 0 Å². The summed E-state index contributed by atoms with van der Waals surface area (Å²) >= 11 is 0. The Morgan fingerprint density at radius 1 is 1.13 bits per heavy atom. The maximum absolute atomic E-state index is 8.24. The molecule has 3 nitrogen and oxygen atoms in total. The van der Waals surface area contributed by atoms with E-state index in [1.807, 2.05) is 0 Å². The minimum absolute atomic E-state index is 0.559. The first-order valence-electron chi connectivity index (χ1n) is 6.18. The van der Waals surface area contributed by atoms with Crippen molar-refractivity contribution in [3.63, 3.8) is 0 Å². The summed E-state index contributed by atoms with van der Waals surface area (Å²) in [7, 11) is 2.17. The molecule has 2 unspecified atom stereocenters. The first-order chi connectivity index (χ1) is 7.16. The lowest BCUT2D eigenvalue weighted by Gasteiger charge is -2.35. The van der Waals surface area contributed by atoms with Crippen LogP contribution in [-0.2, 0) is 0 Å². The predicted molar refractivity (Wildman–Crippen MR) is 63.3 cm³/mol. The smallest absolute Gasteiger partial charge is 0.0990 e. The number of nitrogens with one attached hydrogen (secondary N) is 1. The van der Waals surface area contributed by atoms with E-state index in [9.17, 15) is 0 Å². The van der Waals surface area contributed by atoms with Gasteiger partial charge in [0.05, 0.1) is 5.84 Å². The molecular formula is C12H23N3. The number of likely N-dealkylation sites (N-methyl/N-ethyl adjacent to an activating group) is 1. The molecule has 1 saturated heterocycles. The van der Waals surface area contributed by atoms with E-state index in [-0.39, 0.29) is 0 Å². The van der Waals surface area contributed by atoms with Crippen LogP contribution in [0, 0.1) is 17.2 Å². The monoisotopic (exact) mass is 209 g/mol. The highest BCUT2D eigenvalue weighted by molar-refractivity contribution is 5.82. The molecule has 0 bridgehead atoms. The molecule has 1 N–H and O–H groups in total. The van der Waals surface area contributed by atoms with E-state index in [4.69, 9.17) is 5.41 Å². The van der Waals surface area contributed by atoms with Crippen molar-refractivity contribution in [2.24, 2.45) is 11.8 Å². The molecule has 0 aromatic rings. The predicted octanol–water partition coefficient (Wildman–Crippen LogP) is 1.65. The molecule has 0 aromatic heterocycles. The molecule has 3 heteroatoms. The van der Waals surface area contributed by atoms with E-state index < -0.39 is 0 Å². The molecule has 15 heavy (non-hydrogen) atoms. The fraction of sp³-hybridized carbons (Fsp3) is 0.917. The van der Waals surface area contributed by atoms with Crippen molar-refractivity contribution < 1.29 is 0 Å². The molecule has 1 aliphatic heterocycles. The van der Waals surface area contributed by atoms with Gasteiger partial charge in [0.25, 0.3) is 0 Å². The number of hydrogen-bond acceptors (Lipinski definition) is 2. The van der Waals surface area contributed by atoms with Gasteiger partial charge in [-0.25, -0.2) is 0 Å². The van der Waals surface area contributed by atoms with Crippen molar-refractivity contribution in [3.8, 4) is 0 Å². The highest BCUT2D eigenvalue weighted by atomic mass is 15.3. The highest BCUT2D eigenvalue weighted by Crippen LogP contribution is 2.31. The van der Waals surface area contributed by atoms with Gasteiger partial charge >= 0.3 is 0 Å². The van der Waals surface area contributed by atoms with Crippen LogP contribution in [0.4, 0.5) is 0 Å². The van der Waals surface area contributed by atoms with Gasteiger partial charge in [-0.15, -0.1) is 0 Å². The summed E-state index contributed by atoms with van der Waals surface area (Å²) in [6.45, 7) is 6.66. The quantitative estimate of drug-likeness (QED) is 0.526. The van der Waals surface area contributed by atoms with Crippen LogP contribution in [0.5, 0.6) is 0 Å². The maximum atomic E-state index is 8.24. The fourth-order valence-corrected chi connectivity index (χ4v) is 2.76. The third-order valence-electron chi connectivity index (χ3n) is 3.93. The molecule has 1 saturated carbocycles. The number of rotatable bonds is 1. The van der Waals surface area contributed by atoms with Crippen molar-refractivity contribution in [2.75, 3.05) is 33.2 Å². The van der Waals surface area contributed by atoms with Crippen LogP contribution in [-0.4, -0.2) is 48.9 Å². The van der Waals surface area contributed by atoms with Crippen LogP contribution in [0.2, 0.25) is 0 Å². The lowest BCUT2D eigenvalue weighted by molar-refractivity contribution is 0.208. The van der Waals surface area contributed by atoms with Crippen molar-refractivity contribution in [2.45, 2.75) is 26.2 Å². The van der Waals surface area contributed by atoms with E-state index in [0.29, 0.717) is 5.92 Å². The van der Waals surface area contributed by atoms with Crippen molar-refractivity contribution in [3.05, 3.63) is 0 Å². The van der Waals surface area contributed by atoms with Gasteiger partial charge in [-0.05, 0) is 32.2 Å². The third-order valence-corrected chi connectivity index (χ3v) is 3.93. The molecule has 1 aliphatic carbocycles. The molecule has 0 amide bonds. The minimum Gasteiger partial charge on any atom is -0.358 e. The van der Waals surface area contributed by atoms with Gasteiger partial charge in [-0.1, -0.05) is 6.92 Å². The molecule has 2 fully saturated rings. The van der Waals surface area contributed by atoms with Crippen LogP contribution < -0.4 is 0 Å². The Balaban J connectivity index is 1.85. The molecule has 0 aromatic carbocycles. The summed E-state index contributed by atoms with van der Waals surface area (Å²) in [4.78, 5) is 4.64. The lowest BCUT2D eigenvalue weighted by Crippen LogP contribution is -2.48. The molecule has 0 radical (unpaired) electrons. The van der Waals surface area contributed by atoms with Gasteiger partial charge in [0.1, 0.15) is 0 Å². The maximum Gasteiger partial charge on any atom is 0.0990 e. The highest BCUT2D eigenvalue weighted by Gasteiger charge is 2.28. The van der Waals surface area contributed by atoms with Gasteiger partial charge in [-0.2, -0.15) is 0 Å². The van der Waals surface area contributed by atoms with Gasteiger partial charge in [0.2, 0.25) is 0 Å². The number of nitrogens with zero attached hydrogens (tertiary/aromatic N) is 2. The fourth-order valence-electron chi connectivity index (χ4n) is 2.76. The van der Waals surface area contributed by atoms with Crippen molar-refractivity contribution in [1.82, 2.24) is 9.80 Å². The van der Waals surface area contributed by atoms with Gasteiger partial charge in [-0.3, -0.25) is 5.41 Å². The van der Waals surface area contributed by atoms with E-state index in [1.165, 1.54) is 19.3 Å². The molecule has 2 aliphatic rings. The lowest BCUT2D eigenvalue weighted by atomic mass is 10.0. The minimum atomic E-state index is 0.559. The van der Waals surface area contributed by atoms with Crippen molar-refractivity contribution >= 4 is 5.84 Å². The van der Waals surface area contributed by atoms with Crippen LogP contribution in [0.25, 0.3) is 0 Å². The summed E-state index contributed by atoms with van der Waals surface area (Å²) in [5.41, 5.74) is 0. The molecule has 1 heterocycles. The zero-order valence-corrected chi connectivity index (χ0v) is 10.00. The van der Waals surface area contributed by atoms with Crippen LogP contribution in [0.1, 0.15) is 26.2 Å². The first-order valence-corrected chi connectivity index (χ1v) is 6.18. The molecule has 86 valence electrons. The van der Waals surface area contributed by atoms with E-state index in [0.717, 1.165) is 37.9 Å². The zero-order valence-electron chi connectivity index (χ0n) is 10.00. The van der Waals surface area contributed by atoms with Crippen LogP contribution >= 0.6 is 0 Å². The van der Waals surface area contributed by atoms with Gasteiger partial charge in [0.15, 0.2) is 0 Å². The average molecular weight is 209 g/mol. The van der Waals surface area contributed by atoms with Gasteiger partial charge < -0.3 is 9.80 Å². The molecule has 0 spiro atoms. The van der Waals surface area contributed by atoms with E-state index in [2.05, 4.69) is 23.8 Å². The van der Waals surface area contributed by atoms with Gasteiger partial charge in [0, 0.05) is 32.1 Å². The standard InChI is InChI=1S/C12H23N3/c1-10-3-4-11(9-10)12(13)15-7-5-14(2)6-8-15/h10-11,13H,3-9H2,1-2H3. The first kappa shape index (κ1) is 10.9. The SMILES string of the molecule is CC1CCC(C(=N)N2CCN(C)CC2)C1.